The maximum atomic E-state index is 11.2. The van der Waals surface area contributed by atoms with E-state index in [4.69, 9.17) is 13.7 Å². The Morgan fingerprint density at radius 1 is 0.508 bits per heavy atom. The molecule has 0 fully saturated rings. The molecule has 4 aromatic heterocycles. The van der Waals surface area contributed by atoms with E-state index in [2.05, 4.69) is 84.8 Å². The number of fused-ring (bicyclic) bond motifs is 12. The Kier molecular flexibility index (Phi) is 5.46. The summed E-state index contributed by atoms with van der Waals surface area (Å²) in [5.41, 5.74) is 5.00. The van der Waals surface area contributed by atoms with Crippen molar-refractivity contribution in [2.45, 2.75) is 0 Å². The lowest BCUT2D eigenvalue weighted by molar-refractivity contribution is 1.07. The van der Waals surface area contributed by atoms with Crippen LogP contribution in [0.3, 0.4) is 0 Å². The van der Waals surface area contributed by atoms with Gasteiger partial charge in [0.15, 0.2) is 17.5 Å². The first kappa shape index (κ1) is 24.7. The van der Waals surface area contributed by atoms with Gasteiger partial charge in [-0.15, -0.1) is 11.3 Å². The zero-order valence-electron chi connectivity index (χ0n) is 40.6. The van der Waals surface area contributed by atoms with Crippen molar-refractivity contribution in [1.82, 2.24) is 24.1 Å². The molecule has 0 amide bonds. The van der Waals surface area contributed by atoms with E-state index in [-0.39, 0.29) is 28.1 Å². The van der Waals surface area contributed by atoms with Crippen LogP contribution in [0, 0.1) is 11.3 Å². The lowest BCUT2D eigenvalue weighted by Gasteiger charge is -2.14. The molecule has 274 valence electrons. The lowest BCUT2D eigenvalue weighted by Crippen LogP contribution is -2.02. The highest BCUT2D eigenvalue weighted by Gasteiger charge is 2.27. The number of rotatable bonds is 5. The van der Waals surface area contributed by atoms with Gasteiger partial charge in [-0.05, 0) is 48.5 Å². The summed E-state index contributed by atoms with van der Waals surface area (Å²) in [6.45, 7) is 0. The van der Waals surface area contributed by atoms with E-state index >= 15 is 0 Å². The van der Waals surface area contributed by atoms with Crippen LogP contribution in [0.25, 0.3) is 109 Å². The summed E-state index contributed by atoms with van der Waals surface area (Å²) in [6, 6.07) is 36.3. The van der Waals surface area contributed by atoms with Crippen molar-refractivity contribution in [3.63, 3.8) is 0 Å². The fourth-order valence-corrected chi connectivity index (χ4v) is 9.65. The Morgan fingerprint density at radius 2 is 1.03 bits per heavy atom. The summed E-state index contributed by atoms with van der Waals surface area (Å²) >= 11 is 1.73. The summed E-state index contributed by atoms with van der Waals surface area (Å²) in [4.78, 5) is 13.7. The minimum Gasteiger partial charge on any atom is -0.308 e. The van der Waals surface area contributed by atoms with Crippen LogP contribution >= 0.6 is 11.3 Å². The average molecular weight is 781 g/mol. The lowest BCUT2D eigenvalue weighted by atomic mass is 10.0. The van der Waals surface area contributed by atoms with Gasteiger partial charge in [-0.2, -0.15) is 5.26 Å². The molecule has 7 heteroatoms. The molecule has 0 aliphatic rings. The van der Waals surface area contributed by atoms with Crippen LogP contribution < -0.4 is 0 Å². The Hall–Kier alpha value is -7.92. The fourth-order valence-electron chi connectivity index (χ4n) is 8.39. The fraction of sp³-hybridized carbons (Fsp3) is 0. The summed E-state index contributed by atoms with van der Waals surface area (Å²) in [6.07, 6.45) is 0. The molecule has 6 nitrogen and oxygen atoms in total. The van der Waals surface area contributed by atoms with E-state index in [1.54, 1.807) is 29.5 Å². The Labute approximate surface area is 356 Å². The molecule has 12 rings (SSSR count). The van der Waals surface area contributed by atoms with E-state index in [0.717, 1.165) is 69.5 Å². The molecule has 0 bridgehead atoms. The zero-order valence-corrected chi connectivity index (χ0v) is 31.5. The van der Waals surface area contributed by atoms with Crippen LogP contribution in [0.4, 0.5) is 0 Å². The molecule has 0 saturated carbocycles. The highest BCUT2D eigenvalue weighted by molar-refractivity contribution is 7.27. The first-order chi connectivity index (χ1) is 33.4. The molecule has 12 aromatic rings. The van der Waals surface area contributed by atoms with Gasteiger partial charge in [0.25, 0.3) is 0 Å². The van der Waals surface area contributed by atoms with Crippen molar-refractivity contribution < 1.29 is 13.7 Å². The number of para-hydroxylation sites is 3. The second kappa shape index (κ2) is 13.1. The molecule has 0 aliphatic carbocycles. The molecule has 0 aliphatic heterocycles. The van der Waals surface area contributed by atoms with Gasteiger partial charge in [-0.25, -0.2) is 15.0 Å². The third-order valence-electron chi connectivity index (χ3n) is 10.8. The molecular formula is C52H30N6S. The van der Waals surface area contributed by atoms with Crippen LogP contribution in [0.2, 0.25) is 0 Å². The SMILES string of the molecule is [2H]c1c([2H])c([2H])c(-c2nc(-c3ccc(-n4c5ccccc5c5c6sc7ccccc7c6c6c(c7ccccc7n6-c6ccccc6)c54)c(C#N)c3)nc(-c3c([2H])c([2H])c([2H])c([2H])c3[2H])n2)c([2H])c1[2H]. The van der Waals surface area contributed by atoms with E-state index in [1.165, 1.54) is 0 Å². The highest BCUT2D eigenvalue weighted by Crippen LogP contribution is 2.51. The Morgan fingerprint density at radius 3 is 1.69 bits per heavy atom. The number of thiophene rings is 1. The van der Waals surface area contributed by atoms with E-state index in [1.807, 2.05) is 48.5 Å². The van der Waals surface area contributed by atoms with Crippen molar-refractivity contribution in [1.29, 1.82) is 5.26 Å². The first-order valence-electron chi connectivity index (χ1n) is 23.7. The molecule has 0 unspecified atom stereocenters. The standard InChI is InChI=1S/C52H30N6S/c53-31-35-30-34(52-55-50(32-16-4-1-5-17-32)54-51(56-52)33-18-6-2-7-19-33)28-29-40(35)58-42-26-14-11-23-38(42)45-48(58)44-37-22-10-13-25-41(37)57(36-20-8-3-9-21-36)47(44)46-39-24-12-15-27-43(39)59-49(45)46/h1-30H/i1D,2D,4D,5D,6D,7D,16D,17D,18D,19D. The van der Waals surface area contributed by atoms with Crippen molar-refractivity contribution in [2.24, 2.45) is 0 Å². The summed E-state index contributed by atoms with van der Waals surface area (Å²) in [5.74, 6) is -0.930. The predicted octanol–water partition coefficient (Wildman–Crippen LogP) is 13.3. The maximum Gasteiger partial charge on any atom is 0.164 e. The molecule has 59 heavy (non-hydrogen) atoms. The number of benzene rings is 8. The molecule has 0 spiro atoms. The molecule has 0 radical (unpaired) electrons. The molecule has 0 saturated heterocycles. The van der Waals surface area contributed by atoms with Crippen molar-refractivity contribution >= 4 is 75.1 Å². The van der Waals surface area contributed by atoms with Crippen LogP contribution in [0.5, 0.6) is 0 Å². The monoisotopic (exact) mass is 780 g/mol. The Balaban J connectivity index is 1.18. The second-order valence-electron chi connectivity index (χ2n) is 13.9. The molecule has 4 heterocycles. The van der Waals surface area contributed by atoms with E-state index < -0.39 is 72.1 Å². The van der Waals surface area contributed by atoms with Gasteiger partial charge in [0.05, 0.1) is 47.0 Å². The van der Waals surface area contributed by atoms with Gasteiger partial charge < -0.3 is 9.13 Å². The average Bonchev–Trinajstić information content (AvgIpc) is 4.04. The zero-order chi connectivity index (χ0) is 47.7. The molecule has 8 aromatic carbocycles. The van der Waals surface area contributed by atoms with Crippen LogP contribution in [0.15, 0.2) is 182 Å². The van der Waals surface area contributed by atoms with Crippen molar-refractivity contribution in [3.8, 4) is 51.6 Å². The van der Waals surface area contributed by atoms with Crippen LogP contribution in [-0.2, 0) is 0 Å². The van der Waals surface area contributed by atoms with Crippen LogP contribution in [0.1, 0.15) is 19.3 Å². The normalized spacial score (nSPS) is 14.1. The number of nitrogens with zero attached hydrogens (tertiary/aromatic N) is 6. The molecular weight excluding hydrogens is 741 g/mol. The van der Waals surface area contributed by atoms with Gasteiger partial charge in [-0.1, -0.05) is 133 Å². The third kappa shape index (κ3) is 5.01. The number of nitriles is 1. The second-order valence-corrected chi connectivity index (χ2v) is 15.0. The summed E-state index contributed by atoms with van der Waals surface area (Å²) < 4.78 is 91.7. The van der Waals surface area contributed by atoms with Gasteiger partial charge in [0.2, 0.25) is 0 Å². The van der Waals surface area contributed by atoms with Crippen LogP contribution in [-0.4, -0.2) is 24.1 Å². The van der Waals surface area contributed by atoms with Gasteiger partial charge in [0, 0.05) is 64.1 Å². The minimum atomic E-state index is -0.645. The van der Waals surface area contributed by atoms with Gasteiger partial charge in [-0.3, -0.25) is 0 Å². The minimum absolute atomic E-state index is 0.140. The molecule has 0 atom stereocenters. The topological polar surface area (TPSA) is 72.3 Å². The number of hydrogen-bond acceptors (Lipinski definition) is 5. The summed E-state index contributed by atoms with van der Waals surface area (Å²) in [5, 5.41) is 17.5. The molecule has 0 N–H and O–H groups in total. The van der Waals surface area contributed by atoms with Crippen molar-refractivity contribution in [2.75, 3.05) is 0 Å². The number of hydrogen-bond donors (Lipinski definition) is 0. The summed E-state index contributed by atoms with van der Waals surface area (Å²) in [7, 11) is 0. The van der Waals surface area contributed by atoms with E-state index in [0.29, 0.717) is 5.69 Å². The van der Waals surface area contributed by atoms with Gasteiger partial charge in [0.1, 0.15) is 6.07 Å². The largest absolute Gasteiger partial charge is 0.308 e. The highest BCUT2D eigenvalue weighted by atomic mass is 32.1. The first-order valence-corrected chi connectivity index (χ1v) is 19.5. The predicted molar refractivity (Wildman–Crippen MR) is 242 cm³/mol. The number of aromatic nitrogens is 5. The maximum absolute atomic E-state index is 11.2. The quantitative estimate of drug-likeness (QED) is 0.174. The third-order valence-corrected chi connectivity index (χ3v) is 11.9. The smallest absolute Gasteiger partial charge is 0.164 e. The Bertz CT molecular complexity index is 4140. The van der Waals surface area contributed by atoms with E-state index in [9.17, 15) is 5.26 Å². The van der Waals surface area contributed by atoms with Crippen molar-refractivity contribution in [3.05, 3.63) is 187 Å². The van der Waals surface area contributed by atoms with Gasteiger partial charge >= 0.3 is 0 Å².